The van der Waals surface area contributed by atoms with Gasteiger partial charge < -0.3 is 5.32 Å². The lowest BCUT2D eigenvalue weighted by Crippen LogP contribution is -2.41. The van der Waals surface area contributed by atoms with Gasteiger partial charge in [0.15, 0.2) is 0 Å². The highest BCUT2D eigenvalue weighted by Gasteiger charge is 1.93. The number of hydrogen-bond acceptors (Lipinski definition) is 2. The van der Waals surface area contributed by atoms with Crippen molar-refractivity contribution < 1.29 is 0 Å². The molecule has 1 rings (SSSR count). The molecular formula is C11H18N4. The molecule has 0 aliphatic carbocycles. The Kier molecular flexibility index (Phi) is 5.25. The van der Waals surface area contributed by atoms with Gasteiger partial charge in [0.2, 0.25) is 5.96 Å². The third kappa shape index (κ3) is 4.46. The van der Waals surface area contributed by atoms with Crippen LogP contribution in [0.25, 0.3) is 0 Å². The van der Waals surface area contributed by atoms with Gasteiger partial charge in [0.1, 0.15) is 0 Å². The van der Waals surface area contributed by atoms with Crippen molar-refractivity contribution in [2.45, 2.75) is 19.9 Å². The summed E-state index contributed by atoms with van der Waals surface area (Å²) in [5.74, 6) is 5.97. The molecule has 0 fully saturated rings. The van der Waals surface area contributed by atoms with E-state index in [-0.39, 0.29) is 0 Å². The molecule has 82 valence electrons. The Morgan fingerprint density at radius 1 is 1.33 bits per heavy atom. The lowest BCUT2D eigenvalue weighted by molar-refractivity contribution is 0.790. The first kappa shape index (κ1) is 11.5. The Bertz CT molecular complexity index is 295. The average molecular weight is 206 g/mol. The highest BCUT2D eigenvalue weighted by atomic mass is 15.3. The summed E-state index contributed by atoms with van der Waals surface area (Å²) in [6, 6.07) is 10.1. The topological polar surface area (TPSA) is 62.4 Å². The monoisotopic (exact) mass is 206 g/mol. The number of rotatable bonds is 4. The van der Waals surface area contributed by atoms with Crippen LogP contribution in [-0.4, -0.2) is 12.5 Å². The minimum Gasteiger partial charge on any atom is -0.355 e. The zero-order valence-electron chi connectivity index (χ0n) is 9.03. The fraction of sp³-hybridized carbons (Fsp3) is 0.364. The third-order valence-corrected chi connectivity index (χ3v) is 1.94. The molecule has 0 unspecified atom stereocenters. The van der Waals surface area contributed by atoms with Crippen molar-refractivity contribution in [1.82, 2.24) is 10.7 Å². The first-order valence-corrected chi connectivity index (χ1v) is 5.15. The summed E-state index contributed by atoms with van der Waals surface area (Å²) in [6.07, 6.45) is 1.05. The largest absolute Gasteiger partial charge is 0.355 e. The molecular weight excluding hydrogens is 188 g/mol. The number of nitrogens with one attached hydrogen (secondary N) is 2. The fourth-order valence-electron chi connectivity index (χ4n) is 1.15. The predicted molar refractivity (Wildman–Crippen MR) is 63.2 cm³/mol. The van der Waals surface area contributed by atoms with Gasteiger partial charge in [-0.3, -0.25) is 5.43 Å². The lowest BCUT2D eigenvalue weighted by Gasteiger charge is -2.07. The zero-order chi connectivity index (χ0) is 10.9. The van der Waals surface area contributed by atoms with E-state index in [1.54, 1.807) is 0 Å². The van der Waals surface area contributed by atoms with Crippen molar-refractivity contribution in [2.75, 3.05) is 6.54 Å². The second-order valence-electron chi connectivity index (χ2n) is 3.22. The Morgan fingerprint density at radius 2 is 2.07 bits per heavy atom. The highest BCUT2D eigenvalue weighted by Crippen LogP contribution is 1.99. The van der Waals surface area contributed by atoms with Gasteiger partial charge in [-0.05, 0) is 12.0 Å². The average Bonchev–Trinajstić information content (AvgIpc) is 2.31. The van der Waals surface area contributed by atoms with E-state index in [0.717, 1.165) is 13.0 Å². The van der Waals surface area contributed by atoms with Crippen molar-refractivity contribution in [3.63, 3.8) is 0 Å². The third-order valence-electron chi connectivity index (χ3n) is 1.94. The summed E-state index contributed by atoms with van der Waals surface area (Å²) in [4.78, 5) is 4.32. The summed E-state index contributed by atoms with van der Waals surface area (Å²) in [5.41, 5.74) is 3.72. The smallest absolute Gasteiger partial charge is 0.206 e. The van der Waals surface area contributed by atoms with E-state index in [0.29, 0.717) is 12.5 Å². The van der Waals surface area contributed by atoms with Crippen molar-refractivity contribution in [1.29, 1.82) is 0 Å². The van der Waals surface area contributed by atoms with Gasteiger partial charge in [-0.15, -0.1) is 0 Å². The van der Waals surface area contributed by atoms with Gasteiger partial charge in [-0.2, -0.15) is 0 Å². The van der Waals surface area contributed by atoms with Crippen molar-refractivity contribution in [3.05, 3.63) is 35.9 Å². The van der Waals surface area contributed by atoms with Gasteiger partial charge in [0, 0.05) is 6.54 Å². The van der Waals surface area contributed by atoms with Crippen LogP contribution in [0.5, 0.6) is 0 Å². The predicted octanol–water partition coefficient (Wildman–Crippen LogP) is 1.01. The van der Waals surface area contributed by atoms with Crippen molar-refractivity contribution >= 4 is 5.96 Å². The maximum Gasteiger partial charge on any atom is 0.206 e. The molecule has 4 nitrogen and oxygen atoms in total. The SMILES string of the molecule is CCCNC(=NCc1ccccc1)NN. The summed E-state index contributed by atoms with van der Waals surface area (Å²) < 4.78 is 0. The molecule has 0 aliphatic rings. The molecule has 1 aromatic rings. The quantitative estimate of drug-likeness (QED) is 0.298. The molecule has 0 aromatic heterocycles. The van der Waals surface area contributed by atoms with Crippen LogP contribution in [0.4, 0.5) is 0 Å². The number of hydrazine groups is 1. The van der Waals surface area contributed by atoms with E-state index in [2.05, 4.69) is 22.7 Å². The Balaban J connectivity index is 2.47. The highest BCUT2D eigenvalue weighted by molar-refractivity contribution is 5.79. The molecule has 0 saturated heterocycles. The number of benzene rings is 1. The van der Waals surface area contributed by atoms with Crippen LogP contribution in [0.1, 0.15) is 18.9 Å². The molecule has 0 radical (unpaired) electrons. The fourth-order valence-corrected chi connectivity index (χ4v) is 1.15. The van der Waals surface area contributed by atoms with Gasteiger partial charge >= 0.3 is 0 Å². The second-order valence-corrected chi connectivity index (χ2v) is 3.22. The van der Waals surface area contributed by atoms with E-state index in [9.17, 15) is 0 Å². The van der Waals surface area contributed by atoms with Crippen LogP contribution in [-0.2, 0) is 6.54 Å². The number of nitrogens with zero attached hydrogens (tertiary/aromatic N) is 1. The molecule has 0 aliphatic heterocycles. The molecule has 0 amide bonds. The number of nitrogens with two attached hydrogens (primary N) is 1. The van der Waals surface area contributed by atoms with Crippen LogP contribution in [0, 0.1) is 0 Å². The van der Waals surface area contributed by atoms with Crippen LogP contribution in [0.15, 0.2) is 35.3 Å². The minimum atomic E-state index is 0.636. The molecule has 4 N–H and O–H groups in total. The van der Waals surface area contributed by atoms with E-state index >= 15 is 0 Å². The van der Waals surface area contributed by atoms with Crippen molar-refractivity contribution in [3.8, 4) is 0 Å². The maximum atomic E-state index is 5.33. The zero-order valence-corrected chi connectivity index (χ0v) is 9.03. The summed E-state index contributed by atoms with van der Waals surface area (Å²) in [6.45, 7) is 3.60. The molecule has 0 saturated carbocycles. The van der Waals surface area contributed by atoms with Crippen molar-refractivity contribution in [2.24, 2.45) is 10.8 Å². The van der Waals surface area contributed by atoms with Crippen LogP contribution < -0.4 is 16.6 Å². The first-order chi connectivity index (χ1) is 7.36. The standard InChI is InChI=1S/C11H18N4/c1-2-8-13-11(15-12)14-9-10-6-4-3-5-7-10/h3-7H,2,8-9,12H2,1H3,(H2,13,14,15). The summed E-state index contributed by atoms with van der Waals surface area (Å²) in [5, 5.41) is 3.10. The van der Waals surface area contributed by atoms with Gasteiger partial charge in [0.25, 0.3) is 0 Å². The normalized spacial score (nSPS) is 11.2. The Hall–Kier alpha value is -1.55. The number of aliphatic imine (C=N–C) groups is 1. The van der Waals surface area contributed by atoms with Gasteiger partial charge in [0.05, 0.1) is 6.54 Å². The molecule has 0 heterocycles. The Morgan fingerprint density at radius 3 is 2.67 bits per heavy atom. The van der Waals surface area contributed by atoms with E-state index in [4.69, 9.17) is 5.84 Å². The van der Waals surface area contributed by atoms with E-state index in [1.165, 1.54) is 5.56 Å². The number of hydrogen-bond donors (Lipinski definition) is 3. The molecule has 0 atom stereocenters. The minimum absolute atomic E-state index is 0.636. The lowest BCUT2D eigenvalue weighted by atomic mass is 10.2. The maximum absolute atomic E-state index is 5.33. The van der Waals surface area contributed by atoms with Gasteiger partial charge in [-0.1, -0.05) is 37.3 Å². The molecule has 4 heteroatoms. The molecule has 1 aromatic carbocycles. The van der Waals surface area contributed by atoms with E-state index < -0.39 is 0 Å². The molecule has 15 heavy (non-hydrogen) atoms. The second kappa shape index (κ2) is 6.84. The molecule has 0 spiro atoms. The number of guanidine groups is 1. The van der Waals surface area contributed by atoms with Crippen LogP contribution in [0.2, 0.25) is 0 Å². The summed E-state index contributed by atoms with van der Waals surface area (Å²) in [7, 11) is 0. The first-order valence-electron chi connectivity index (χ1n) is 5.15. The van der Waals surface area contributed by atoms with Gasteiger partial charge in [-0.25, -0.2) is 10.8 Å². The van der Waals surface area contributed by atoms with Crippen LogP contribution in [0.3, 0.4) is 0 Å². The summed E-state index contributed by atoms with van der Waals surface area (Å²) >= 11 is 0. The molecule has 0 bridgehead atoms. The van der Waals surface area contributed by atoms with E-state index in [1.807, 2.05) is 30.3 Å². The van der Waals surface area contributed by atoms with Crippen LogP contribution >= 0.6 is 0 Å². The Labute approximate surface area is 90.6 Å².